The van der Waals surface area contributed by atoms with Crippen molar-refractivity contribution in [2.24, 2.45) is 5.16 Å². The van der Waals surface area contributed by atoms with Gasteiger partial charge in [-0.1, -0.05) is 21.1 Å². The van der Waals surface area contributed by atoms with Gasteiger partial charge in [0.05, 0.1) is 6.21 Å². The molecule has 0 aliphatic carbocycles. The van der Waals surface area contributed by atoms with Crippen molar-refractivity contribution < 1.29 is 19.5 Å². The molecule has 1 amide bonds. The second kappa shape index (κ2) is 7.88. The molecule has 0 atom stereocenters. The molecule has 1 aliphatic rings. The lowest BCUT2D eigenvalue weighted by Gasteiger charge is -2.33. The Morgan fingerprint density at radius 2 is 2.00 bits per heavy atom. The predicted molar refractivity (Wildman–Crippen MR) is 95.0 cm³/mol. The summed E-state index contributed by atoms with van der Waals surface area (Å²) in [5.74, 6) is 0.704. The minimum atomic E-state index is -0.481. The third-order valence-corrected chi connectivity index (χ3v) is 3.95. The first-order chi connectivity index (χ1) is 11.3. The Morgan fingerprint density at radius 1 is 1.33 bits per heavy atom. The maximum atomic E-state index is 12.1. The van der Waals surface area contributed by atoms with Crippen LogP contribution in [0, 0.1) is 0 Å². The van der Waals surface area contributed by atoms with E-state index in [2.05, 4.69) is 21.1 Å². The summed E-state index contributed by atoms with van der Waals surface area (Å²) in [6, 6.07) is 5.51. The zero-order chi connectivity index (χ0) is 17.7. The Morgan fingerprint density at radius 3 is 2.58 bits per heavy atom. The van der Waals surface area contributed by atoms with Crippen LogP contribution >= 0.6 is 15.9 Å². The zero-order valence-electron chi connectivity index (χ0n) is 14.2. The fourth-order valence-corrected chi connectivity index (χ4v) is 2.96. The van der Waals surface area contributed by atoms with Crippen molar-refractivity contribution in [1.82, 2.24) is 4.90 Å². The lowest BCUT2D eigenvalue weighted by atomic mass is 10.1. The first-order valence-corrected chi connectivity index (χ1v) is 8.69. The van der Waals surface area contributed by atoms with E-state index in [1.807, 2.05) is 39.0 Å². The van der Waals surface area contributed by atoms with Crippen LogP contribution in [0.1, 0.15) is 39.2 Å². The molecular formula is C17H23BrN2O4. The van der Waals surface area contributed by atoms with Crippen molar-refractivity contribution >= 4 is 28.2 Å². The van der Waals surface area contributed by atoms with Crippen LogP contribution in [-0.4, -0.2) is 47.2 Å². The summed E-state index contributed by atoms with van der Waals surface area (Å²) in [5.41, 5.74) is 0.263. The van der Waals surface area contributed by atoms with Gasteiger partial charge in [-0.2, -0.15) is 0 Å². The van der Waals surface area contributed by atoms with Crippen LogP contribution in [0.2, 0.25) is 0 Å². The lowest BCUT2D eigenvalue weighted by Crippen LogP contribution is -2.44. The van der Waals surface area contributed by atoms with Crippen LogP contribution in [0.4, 0.5) is 4.79 Å². The third-order valence-electron chi connectivity index (χ3n) is 3.50. The fraction of sp³-hybridized carbons (Fsp3) is 0.529. The largest absolute Gasteiger partial charge is 0.490 e. The van der Waals surface area contributed by atoms with E-state index in [1.165, 1.54) is 6.21 Å². The molecular weight excluding hydrogens is 376 g/mol. The Balaban J connectivity index is 1.90. The highest BCUT2D eigenvalue weighted by molar-refractivity contribution is 9.10. The number of carbonyl (C=O) groups is 1. The van der Waals surface area contributed by atoms with Crippen molar-refractivity contribution in [3.63, 3.8) is 0 Å². The summed E-state index contributed by atoms with van der Waals surface area (Å²) < 4.78 is 12.2. The molecule has 2 rings (SSSR count). The standard InChI is InChI=1S/C17H23BrN2O4/c1-17(2,3)24-16(21)20-6-4-14(5-7-20)23-15-9-12(11-19-22)8-13(18)10-15/h8-11,14,22H,4-7H2,1-3H3/b19-11+. The number of oxime groups is 1. The molecule has 6 nitrogen and oxygen atoms in total. The van der Waals surface area contributed by atoms with Crippen molar-refractivity contribution in [2.75, 3.05) is 13.1 Å². The van der Waals surface area contributed by atoms with Gasteiger partial charge in [-0.15, -0.1) is 0 Å². The van der Waals surface area contributed by atoms with E-state index in [1.54, 1.807) is 4.90 Å². The number of benzene rings is 1. The van der Waals surface area contributed by atoms with Gasteiger partial charge in [0.2, 0.25) is 0 Å². The van der Waals surface area contributed by atoms with Gasteiger partial charge in [0, 0.05) is 36.0 Å². The van der Waals surface area contributed by atoms with Gasteiger partial charge in [0.15, 0.2) is 0 Å². The summed E-state index contributed by atoms with van der Waals surface area (Å²) in [6.45, 7) is 6.81. The van der Waals surface area contributed by atoms with Gasteiger partial charge in [-0.05, 0) is 39.0 Å². The van der Waals surface area contributed by atoms with E-state index >= 15 is 0 Å². The summed E-state index contributed by atoms with van der Waals surface area (Å²) in [6.07, 6.45) is 2.61. The summed E-state index contributed by atoms with van der Waals surface area (Å²) in [5, 5.41) is 11.7. The van der Waals surface area contributed by atoms with Crippen LogP contribution in [0.15, 0.2) is 27.8 Å². The Bertz CT molecular complexity index is 605. The van der Waals surface area contributed by atoms with Crippen molar-refractivity contribution in [3.8, 4) is 5.75 Å². The second-order valence-electron chi connectivity index (χ2n) is 6.75. The third kappa shape index (κ3) is 5.70. The number of ether oxygens (including phenoxy) is 2. The first-order valence-electron chi connectivity index (χ1n) is 7.89. The minimum Gasteiger partial charge on any atom is -0.490 e. The van der Waals surface area contributed by atoms with E-state index in [0.29, 0.717) is 18.8 Å². The van der Waals surface area contributed by atoms with E-state index in [-0.39, 0.29) is 12.2 Å². The molecule has 1 heterocycles. The number of hydrogen-bond acceptors (Lipinski definition) is 5. The van der Waals surface area contributed by atoms with E-state index in [4.69, 9.17) is 14.7 Å². The highest BCUT2D eigenvalue weighted by Crippen LogP contribution is 2.25. The molecule has 0 radical (unpaired) electrons. The number of piperidine rings is 1. The lowest BCUT2D eigenvalue weighted by molar-refractivity contribution is 0.0126. The van der Waals surface area contributed by atoms with Gasteiger partial charge in [0.25, 0.3) is 0 Å². The van der Waals surface area contributed by atoms with Crippen molar-refractivity contribution in [3.05, 3.63) is 28.2 Å². The minimum absolute atomic E-state index is 0.0388. The van der Waals surface area contributed by atoms with E-state index in [9.17, 15) is 4.79 Å². The second-order valence-corrected chi connectivity index (χ2v) is 7.67. The van der Waals surface area contributed by atoms with Crippen molar-refractivity contribution in [2.45, 2.75) is 45.3 Å². The first kappa shape index (κ1) is 18.6. The molecule has 24 heavy (non-hydrogen) atoms. The maximum Gasteiger partial charge on any atom is 0.410 e. The maximum absolute atomic E-state index is 12.1. The monoisotopic (exact) mass is 398 g/mol. The number of amides is 1. The number of likely N-dealkylation sites (tertiary alicyclic amines) is 1. The van der Waals surface area contributed by atoms with Crippen LogP contribution in [0.25, 0.3) is 0 Å². The molecule has 1 aromatic rings. The van der Waals surface area contributed by atoms with Crippen LogP contribution in [-0.2, 0) is 4.74 Å². The summed E-state index contributed by atoms with van der Waals surface area (Å²) in [7, 11) is 0. The highest BCUT2D eigenvalue weighted by Gasteiger charge is 2.27. The van der Waals surface area contributed by atoms with Crippen LogP contribution in [0.3, 0.4) is 0 Å². The number of carbonyl (C=O) groups excluding carboxylic acids is 1. The molecule has 1 saturated heterocycles. The average Bonchev–Trinajstić information content (AvgIpc) is 2.46. The molecule has 7 heteroatoms. The normalized spacial score (nSPS) is 16.4. The van der Waals surface area contributed by atoms with E-state index < -0.39 is 5.60 Å². The van der Waals surface area contributed by atoms with Crippen molar-refractivity contribution in [1.29, 1.82) is 0 Å². The average molecular weight is 399 g/mol. The molecule has 0 unspecified atom stereocenters. The molecule has 0 aromatic heterocycles. The molecule has 0 bridgehead atoms. The number of halogens is 1. The smallest absolute Gasteiger partial charge is 0.410 e. The fourth-order valence-electron chi connectivity index (χ4n) is 2.47. The number of rotatable bonds is 3. The number of hydrogen-bond donors (Lipinski definition) is 1. The Kier molecular flexibility index (Phi) is 6.10. The summed E-state index contributed by atoms with van der Waals surface area (Å²) in [4.78, 5) is 13.8. The molecule has 1 aliphatic heterocycles. The SMILES string of the molecule is CC(C)(C)OC(=O)N1CCC(Oc2cc(Br)cc(/C=N/O)c2)CC1. The van der Waals surface area contributed by atoms with Gasteiger partial charge in [0.1, 0.15) is 17.5 Å². The van der Waals surface area contributed by atoms with Gasteiger partial charge >= 0.3 is 6.09 Å². The molecule has 1 aromatic carbocycles. The van der Waals surface area contributed by atoms with Gasteiger partial charge in [-0.3, -0.25) is 0 Å². The van der Waals surface area contributed by atoms with Gasteiger partial charge in [-0.25, -0.2) is 4.79 Å². The molecule has 0 saturated carbocycles. The number of nitrogens with zero attached hydrogens (tertiary/aromatic N) is 2. The zero-order valence-corrected chi connectivity index (χ0v) is 15.7. The van der Waals surface area contributed by atoms with Crippen LogP contribution in [0.5, 0.6) is 5.75 Å². The quantitative estimate of drug-likeness (QED) is 0.473. The molecule has 1 fully saturated rings. The Hall–Kier alpha value is -1.76. The summed E-state index contributed by atoms with van der Waals surface area (Å²) >= 11 is 3.41. The highest BCUT2D eigenvalue weighted by atomic mass is 79.9. The Labute approximate surface area is 150 Å². The predicted octanol–water partition coefficient (Wildman–Crippen LogP) is 4.04. The molecule has 0 spiro atoms. The molecule has 1 N–H and O–H groups in total. The van der Waals surface area contributed by atoms with E-state index in [0.717, 1.165) is 22.9 Å². The molecule has 132 valence electrons. The van der Waals surface area contributed by atoms with Gasteiger partial charge < -0.3 is 19.6 Å². The van der Waals surface area contributed by atoms with Crippen LogP contribution < -0.4 is 4.74 Å². The topological polar surface area (TPSA) is 71.4 Å².